The number of anilines is 3. The monoisotopic (exact) mass is 769 g/mol. The van der Waals surface area contributed by atoms with Crippen LogP contribution in [0.2, 0.25) is 18.6 Å². The molecule has 2 N–H and O–H groups in total. The van der Waals surface area contributed by atoms with Crippen LogP contribution < -0.4 is 24.8 Å². The summed E-state index contributed by atoms with van der Waals surface area (Å²) in [5.41, 5.74) is 1.02. The zero-order valence-electron chi connectivity index (χ0n) is 32.2. The van der Waals surface area contributed by atoms with Gasteiger partial charge < -0.3 is 38.7 Å². The molecule has 4 saturated heterocycles. The number of carbonyl (C=O) groups excluding carboxylic acids is 3. The Hall–Kier alpha value is -4.30. The van der Waals surface area contributed by atoms with Gasteiger partial charge in [0.05, 0.1) is 51.2 Å². The van der Waals surface area contributed by atoms with Gasteiger partial charge in [-0.2, -0.15) is 0 Å². The van der Waals surface area contributed by atoms with Crippen molar-refractivity contribution in [3.63, 3.8) is 0 Å². The van der Waals surface area contributed by atoms with Crippen molar-refractivity contribution in [3.05, 3.63) is 83.9 Å². The average molecular weight is 770 g/mol. The van der Waals surface area contributed by atoms with Gasteiger partial charge in [0.15, 0.2) is 5.60 Å². The molecular formula is C42H52FN5O6Si. The summed E-state index contributed by atoms with van der Waals surface area (Å²) in [6, 6.07) is 23.1. The second kappa shape index (κ2) is 14.3. The molecule has 5 atom stereocenters. The van der Waals surface area contributed by atoms with Crippen LogP contribution in [0.1, 0.15) is 50.2 Å². The summed E-state index contributed by atoms with van der Waals surface area (Å²) in [6.07, 6.45) is 2.03. The van der Waals surface area contributed by atoms with E-state index in [0.717, 1.165) is 42.9 Å². The molecule has 13 heteroatoms. The number of methoxy groups -OCH3 is 1. The third-order valence-corrected chi connectivity index (χ3v) is 15.4. The SMILES string of the molecule is COc1ccc2c(c1)[C@]1(O[C@@H](CC(=O)N3CCC[C@H]3CO)[C@H]([Si](C)(C)F)[C@H]1C)C(=O)N2Cc1cccc(N2CN(c3ccccc3)C3(CCNCC3)C2=O)c1. The number of para-hydroxylation sites is 1. The van der Waals surface area contributed by atoms with Gasteiger partial charge in [-0.05, 0) is 99.9 Å². The number of nitrogens with one attached hydrogen (secondary N) is 1. The zero-order chi connectivity index (χ0) is 38.7. The molecule has 0 aliphatic carbocycles. The van der Waals surface area contributed by atoms with E-state index < -0.39 is 37.1 Å². The van der Waals surface area contributed by atoms with Gasteiger partial charge in [-0.1, -0.05) is 37.3 Å². The van der Waals surface area contributed by atoms with E-state index >= 15 is 8.90 Å². The van der Waals surface area contributed by atoms with Crippen LogP contribution in [0.5, 0.6) is 5.75 Å². The summed E-state index contributed by atoms with van der Waals surface area (Å²) in [7, 11) is -1.95. The van der Waals surface area contributed by atoms with Gasteiger partial charge in [0.25, 0.3) is 11.8 Å². The van der Waals surface area contributed by atoms with Gasteiger partial charge in [0.1, 0.15) is 11.3 Å². The van der Waals surface area contributed by atoms with Crippen LogP contribution in [0.4, 0.5) is 21.2 Å². The van der Waals surface area contributed by atoms with E-state index in [2.05, 4.69) is 22.3 Å². The molecule has 0 radical (unpaired) electrons. The maximum atomic E-state index is 16.5. The molecule has 292 valence electrons. The van der Waals surface area contributed by atoms with Crippen LogP contribution >= 0.6 is 0 Å². The number of amides is 3. The number of likely N-dealkylation sites (tertiary alicyclic amines) is 1. The summed E-state index contributed by atoms with van der Waals surface area (Å²) in [6.45, 7) is 7.67. The number of hydrogen-bond acceptors (Lipinski definition) is 8. The molecule has 3 amide bonds. The second-order valence-corrected chi connectivity index (χ2v) is 20.2. The third-order valence-electron chi connectivity index (χ3n) is 13.0. The van der Waals surface area contributed by atoms with Crippen molar-refractivity contribution < 1.29 is 33.1 Å². The van der Waals surface area contributed by atoms with Crippen LogP contribution in [0.15, 0.2) is 72.8 Å². The standard InChI is InChI=1S/C42H52FN5O6Si/c1-28-38(55(3,4)43)36(24-37(50)45-21-9-14-32(45)26-49)54-42(28)34-23-33(53-2)15-16-35(34)46(40(42)52)25-29-10-8-13-31(22-29)47-27-48(30-11-6-5-7-12-30)41(39(47)51)17-19-44-20-18-41/h5-8,10-13,15-16,22-23,28,32,36,38,44,49H,9,14,17-21,24-27H2,1-4H3/t28-,32+,36+,38-,42+/m1/s1. The number of carbonyl (C=O) groups is 3. The number of fused-ring (bicyclic) bond motifs is 2. The number of hydrogen-bond donors (Lipinski definition) is 2. The largest absolute Gasteiger partial charge is 0.497 e. The number of ether oxygens (including phenoxy) is 2. The number of aliphatic hydroxyl groups is 1. The van der Waals surface area contributed by atoms with E-state index in [1.54, 1.807) is 30.0 Å². The highest BCUT2D eigenvalue weighted by Gasteiger charge is 2.67. The lowest BCUT2D eigenvalue weighted by Crippen LogP contribution is -2.55. The van der Waals surface area contributed by atoms with E-state index in [0.29, 0.717) is 43.1 Å². The van der Waals surface area contributed by atoms with Crippen LogP contribution in [-0.4, -0.2) is 93.8 Å². The molecule has 11 nitrogen and oxygen atoms in total. The van der Waals surface area contributed by atoms with Crippen LogP contribution in [0, 0.1) is 5.92 Å². The van der Waals surface area contributed by atoms with Crippen molar-refractivity contribution in [3.8, 4) is 5.75 Å². The second-order valence-electron chi connectivity index (χ2n) is 16.4. The van der Waals surface area contributed by atoms with Crippen molar-refractivity contribution in [2.75, 3.05) is 54.7 Å². The molecule has 5 aliphatic rings. The minimum atomic E-state index is -3.51. The van der Waals surface area contributed by atoms with E-state index in [9.17, 15) is 14.7 Å². The number of aliphatic hydroxyl groups excluding tert-OH is 1. The minimum Gasteiger partial charge on any atom is -0.497 e. The molecule has 8 rings (SSSR count). The summed E-state index contributed by atoms with van der Waals surface area (Å²) in [5.74, 6) is -0.453. The molecule has 4 fully saturated rings. The number of halogens is 1. The Morgan fingerprint density at radius 2 is 1.76 bits per heavy atom. The molecule has 55 heavy (non-hydrogen) atoms. The van der Waals surface area contributed by atoms with Crippen molar-refractivity contribution in [2.45, 2.75) is 87.5 Å². The zero-order valence-corrected chi connectivity index (χ0v) is 33.2. The topological polar surface area (TPSA) is 115 Å². The molecule has 5 aliphatic heterocycles. The van der Waals surface area contributed by atoms with Crippen molar-refractivity contribution >= 4 is 43.2 Å². The first kappa shape index (κ1) is 37.6. The van der Waals surface area contributed by atoms with E-state index in [1.807, 2.05) is 72.5 Å². The van der Waals surface area contributed by atoms with Crippen LogP contribution in [-0.2, 0) is 31.3 Å². The number of benzene rings is 3. The van der Waals surface area contributed by atoms with E-state index in [-0.39, 0.29) is 43.3 Å². The Kier molecular flexibility index (Phi) is 9.80. The Morgan fingerprint density at radius 1 is 1.02 bits per heavy atom. The summed E-state index contributed by atoms with van der Waals surface area (Å²) in [5, 5.41) is 13.3. The molecular weight excluding hydrogens is 718 g/mol. The number of nitrogens with zero attached hydrogens (tertiary/aromatic N) is 4. The van der Waals surface area contributed by atoms with Crippen LogP contribution in [0.3, 0.4) is 0 Å². The van der Waals surface area contributed by atoms with E-state index in [1.165, 1.54) is 0 Å². The fraction of sp³-hybridized carbons (Fsp3) is 0.500. The smallest absolute Gasteiger partial charge is 0.264 e. The summed E-state index contributed by atoms with van der Waals surface area (Å²) in [4.78, 5) is 50.8. The van der Waals surface area contributed by atoms with Crippen LogP contribution in [0.25, 0.3) is 0 Å². The minimum absolute atomic E-state index is 0.0658. The Morgan fingerprint density at radius 3 is 2.47 bits per heavy atom. The van der Waals surface area contributed by atoms with Gasteiger partial charge in [0.2, 0.25) is 14.3 Å². The molecule has 3 aromatic rings. The molecule has 5 heterocycles. The Labute approximate surface area is 323 Å². The highest BCUT2D eigenvalue weighted by Crippen LogP contribution is 2.61. The van der Waals surface area contributed by atoms with Gasteiger partial charge in [-0.3, -0.25) is 19.3 Å². The molecule has 0 aromatic heterocycles. The maximum Gasteiger partial charge on any atom is 0.264 e. The quantitative estimate of drug-likeness (QED) is 0.222. The van der Waals surface area contributed by atoms with Crippen molar-refractivity contribution in [2.24, 2.45) is 5.92 Å². The predicted molar refractivity (Wildman–Crippen MR) is 211 cm³/mol. The fourth-order valence-electron chi connectivity index (χ4n) is 10.3. The summed E-state index contributed by atoms with van der Waals surface area (Å²) < 4.78 is 29.0. The first-order chi connectivity index (χ1) is 26.4. The predicted octanol–water partition coefficient (Wildman–Crippen LogP) is 5.32. The molecule has 2 spiro atoms. The Balaban J connectivity index is 1.12. The maximum absolute atomic E-state index is 16.5. The number of rotatable bonds is 9. The first-order valence-electron chi connectivity index (χ1n) is 19.6. The molecule has 3 aromatic carbocycles. The van der Waals surface area contributed by atoms with Crippen molar-refractivity contribution in [1.29, 1.82) is 0 Å². The first-order valence-corrected chi connectivity index (χ1v) is 22.6. The van der Waals surface area contributed by atoms with Gasteiger partial charge in [-0.25, -0.2) is 0 Å². The van der Waals surface area contributed by atoms with Gasteiger partial charge >= 0.3 is 0 Å². The fourth-order valence-corrected chi connectivity index (χ4v) is 12.8. The van der Waals surface area contributed by atoms with E-state index in [4.69, 9.17) is 9.47 Å². The molecule has 0 bridgehead atoms. The molecule has 0 saturated carbocycles. The molecule has 0 unspecified atom stereocenters. The Bertz CT molecular complexity index is 1960. The normalized spacial score (nSPS) is 27.5. The lowest BCUT2D eigenvalue weighted by Gasteiger charge is -2.39. The van der Waals surface area contributed by atoms with Crippen molar-refractivity contribution in [1.82, 2.24) is 10.2 Å². The third kappa shape index (κ3) is 6.14. The van der Waals surface area contributed by atoms with Gasteiger partial charge in [-0.15, -0.1) is 0 Å². The highest BCUT2D eigenvalue weighted by atomic mass is 28.4. The van der Waals surface area contributed by atoms with Gasteiger partial charge in [0, 0.05) is 34.9 Å². The lowest BCUT2D eigenvalue weighted by molar-refractivity contribution is -0.150. The summed E-state index contributed by atoms with van der Waals surface area (Å²) >= 11 is 0. The number of piperidine rings is 1. The average Bonchev–Trinajstić information content (AvgIpc) is 3.91. The highest BCUT2D eigenvalue weighted by molar-refractivity contribution is 6.72. The lowest BCUT2D eigenvalue weighted by atomic mass is 9.82.